The van der Waals surface area contributed by atoms with Gasteiger partial charge < -0.3 is 19.3 Å². The van der Waals surface area contributed by atoms with E-state index in [0.717, 1.165) is 39.5 Å². The van der Waals surface area contributed by atoms with E-state index >= 15 is 0 Å². The molecule has 0 aliphatic carbocycles. The highest BCUT2D eigenvalue weighted by Crippen LogP contribution is 2.45. The van der Waals surface area contributed by atoms with Crippen molar-refractivity contribution in [1.29, 1.82) is 0 Å². The Balaban J connectivity index is 0.919. The third-order valence-corrected chi connectivity index (χ3v) is 15.0. The van der Waals surface area contributed by atoms with Gasteiger partial charge in [-0.25, -0.2) is 23.1 Å². The lowest BCUT2D eigenvalue weighted by Crippen LogP contribution is -2.30. The fraction of sp³-hybridized carbons (Fsp3) is 0.0441. The Kier molecular flexibility index (Phi) is 13.6. The molecule has 5 heterocycles. The lowest BCUT2D eigenvalue weighted by Gasteiger charge is -2.28. The number of rotatable bonds is 15. The number of hydrogen-bond acceptors (Lipinski definition) is 17. The minimum atomic E-state index is -1.07. The highest BCUT2D eigenvalue weighted by molar-refractivity contribution is 6.00. The molecule has 0 N–H and O–H groups in total. The molecule has 13 rings (SSSR count). The summed E-state index contributed by atoms with van der Waals surface area (Å²) in [5.41, 5.74) is -5.05. The number of aromatic nitrogens is 7. The van der Waals surface area contributed by atoms with Gasteiger partial charge in [-0.15, -0.1) is 0 Å². The molecule has 21 nitrogen and oxygen atoms in total. The van der Waals surface area contributed by atoms with Crippen molar-refractivity contribution >= 4 is 95.2 Å². The number of fused-ring (bicyclic) bond motifs is 4. The summed E-state index contributed by atoms with van der Waals surface area (Å²) in [7, 11) is 0. The smallest absolute Gasteiger partial charge is 0.338 e. The van der Waals surface area contributed by atoms with Gasteiger partial charge in [-0.2, -0.15) is 15.0 Å². The second-order valence-electron chi connectivity index (χ2n) is 20.4. The fourth-order valence-electron chi connectivity index (χ4n) is 10.9. The van der Waals surface area contributed by atoms with Crippen LogP contribution in [0.2, 0.25) is 0 Å². The lowest BCUT2D eigenvalue weighted by molar-refractivity contribution is -0.134. The minimum absolute atomic E-state index is 0.0145. The normalized spacial score (nSPS) is 11.4. The first-order valence-electron chi connectivity index (χ1n) is 27.5. The van der Waals surface area contributed by atoms with Crippen LogP contribution in [0.25, 0.3) is 72.4 Å². The molecule has 0 fully saturated rings. The van der Waals surface area contributed by atoms with Crippen molar-refractivity contribution < 1.29 is 19.1 Å². The minimum Gasteiger partial charge on any atom is -0.422 e. The van der Waals surface area contributed by atoms with E-state index in [2.05, 4.69) is 28.1 Å². The molecule has 0 spiro atoms. The van der Waals surface area contributed by atoms with Crippen LogP contribution in [0.4, 0.5) is 34.1 Å². The van der Waals surface area contributed by atoms with Crippen LogP contribution >= 0.6 is 0 Å². The Labute approximate surface area is 499 Å². The van der Waals surface area contributed by atoms with Crippen molar-refractivity contribution in [3.05, 3.63) is 289 Å². The average molecular weight is 1180 g/mol. The molecule has 21 heteroatoms. The summed E-state index contributed by atoms with van der Waals surface area (Å²) >= 11 is 0. The first-order valence-corrected chi connectivity index (χ1v) is 27.5. The van der Waals surface area contributed by atoms with Crippen molar-refractivity contribution in [3.8, 4) is 34.8 Å². The van der Waals surface area contributed by atoms with Gasteiger partial charge in [0.25, 0.3) is 44.5 Å². The van der Waals surface area contributed by atoms with E-state index in [0.29, 0.717) is 37.6 Å². The SMILES string of the molecule is C=Cc1nc(-n2c(=O)c3cc4c(=O)n(-c5cccc(N(c6ccccc6)c6ccccc6)c5OC(=O)CC)c(=O)c4cc3c2=O)nc(-n2c(=O)c3cc4c(=O)n(-c5cccc(N(c6ccccc6)c6ccccc6)c5OC(=O)C(=C)C)c(=O)c4cc3c2=O)n1. The number of ether oxygens (including phenoxy) is 2. The number of esters is 2. The van der Waals surface area contributed by atoms with Crippen LogP contribution in [-0.2, 0) is 9.59 Å². The summed E-state index contributed by atoms with van der Waals surface area (Å²) in [5, 5.41) is -2.45. The number of benzene rings is 8. The summed E-state index contributed by atoms with van der Waals surface area (Å²) in [6.07, 6.45) is 1.03. The van der Waals surface area contributed by atoms with Crippen LogP contribution < -0.4 is 63.7 Å². The zero-order chi connectivity index (χ0) is 62.1. The number of carbonyl (C=O) groups is 2. The molecule has 0 unspecified atom stereocenters. The van der Waals surface area contributed by atoms with Gasteiger partial charge in [0, 0.05) is 34.7 Å². The van der Waals surface area contributed by atoms with E-state index in [1.54, 1.807) is 41.0 Å². The maximum absolute atomic E-state index is 14.7. The largest absolute Gasteiger partial charge is 0.422 e. The number of carbonyl (C=O) groups excluding carboxylic acids is 2. The van der Waals surface area contributed by atoms with Crippen LogP contribution in [0, 0.1) is 0 Å². The van der Waals surface area contributed by atoms with Crippen LogP contribution in [0.1, 0.15) is 26.1 Å². The van der Waals surface area contributed by atoms with Crippen molar-refractivity contribution in [1.82, 2.24) is 33.2 Å². The molecule has 0 atom stereocenters. The number of anilines is 6. The zero-order valence-corrected chi connectivity index (χ0v) is 46.9. The molecular formula is C68H43N9O12. The van der Waals surface area contributed by atoms with Gasteiger partial charge in [0.15, 0.2) is 17.3 Å². The van der Waals surface area contributed by atoms with Crippen LogP contribution in [0.5, 0.6) is 11.5 Å². The second-order valence-corrected chi connectivity index (χ2v) is 20.4. The fourth-order valence-corrected chi connectivity index (χ4v) is 10.9. The van der Waals surface area contributed by atoms with Crippen LogP contribution in [0.3, 0.4) is 0 Å². The standard InChI is InChI=1S/C68H43N9O12/c1-5-54-69-67(76-62(83)46-33-42-43(34-47(46)63(76)84)59(80)74(58(42)79)52-31-19-29-50(56(52)88-55(78)6-2)72(38-21-11-7-12-22-38)39-23-13-8-14-24-39)71-68(70-54)77-64(85)48-35-44-45(36-49(48)65(77)86)61(82)75(60(44)81)53-32-20-30-51(57(53)89-66(87)37(3)4)73(40-25-15-9-16-26-40)41-27-17-10-18-28-41/h5,7-36H,1,3,6H2,2,4H3. The monoisotopic (exact) mass is 1180 g/mol. The van der Waals surface area contributed by atoms with E-state index < -0.39 is 68.3 Å². The lowest BCUT2D eigenvalue weighted by atomic mass is 10.1. The van der Waals surface area contributed by atoms with Crippen LogP contribution in [0.15, 0.2) is 239 Å². The molecule has 5 aromatic heterocycles. The van der Waals surface area contributed by atoms with E-state index in [9.17, 15) is 47.9 Å². The number of para-hydroxylation sites is 6. The maximum atomic E-state index is 14.7. The quantitative estimate of drug-likeness (QED) is 0.0528. The summed E-state index contributed by atoms with van der Waals surface area (Å²) in [5.74, 6) is -3.52. The van der Waals surface area contributed by atoms with E-state index in [-0.39, 0.29) is 89.5 Å². The first-order chi connectivity index (χ1) is 43.1. The van der Waals surface area contributed by atoms with Gasteiger partial charge in [-0.05, 0) is 110 Å². The molecule has 0 saturated heterocycles. The Hall–Kier alpha value is -12.7. The van der Waals surface area contributed by atoms with Gasteiger partial charge in [0.05, 0.1) is 65.8 Å². The summed E-state index contributed by atoms with van der Waals surface area (Å²) in [6.45, 7) is 10.4. The highest BCUT2D eigenvalue weighted by Gasteiger charge is 2.31. The van der Waals surface area contributed by atoms with Crippen LogP contribution in [-0.4, -0.2) is 45.2 Å². The number of nitrogens with zero attached hydrogens (tertiary/aromatic N) is 9. The Morgan fingerprint density at radius 1 is 0.427 bits per heavy atom. The molecule has 89 heavy (non-hydrogen) atoms. The van der Waals surface area contributed by atoms with Crippen molar-refractivity contribution in [2.75, 3.05) is 9.80 Å². The van der Waals surface area contributed by atoms with Crippen molar-refractivity contribution in [3.63, 3.8) is 0 Å². The number of hydrogen-bond donors (Lipinski definition) is 0. The second kappa shape index (κ2) is 21.8. The van der Waals surface area contributed by atoms with Crippen molar-refractivity contribution in [2.24, 2.45) is 0 Å². The van der Waals surface area contributed by atoms with Gasteiger partial charge in [-0.3, -0.25) is 43.2 Å². The van der Waals surface area contributed by atoms with E-state index in [4.69, 9.17) is 9.47 Å². The van der Waals surface area contributed by atoms with Gasteiger partial charge >= 0.3 is 11.9 Å². The summed E-state index contributed by atoms with van der Waals surface area (Å²) in [6, 6.07) is 50.1. The molecule has 0 aliphatic heterocycles. The molecule has 0 bridgehead atoms. The first kappa shape index (κ1) is 55.5. The topological polar surface area (TPSA) is 254 Å². The maximum Gasteiger partial charge on any atom is 0.338 e. The Bertz CT molecular complexity index is 5370. The zero-order valence-electron chi connectivity index (χ0n) is 46.9. The molecule has 0 radical (unpaired) electrons. The van der Waals surface area contributed by atoms with Crippen molar-refractivity contribution in [2.45, 2.75) is 20.3 Å². The molecule has 432 valence electrons. The highest BCUT2D eigenvalue weighted by atomic mass is 16.5. The molecule has 0 saturated carbocycles. The molecular weight excluding hydrogens is 1130 g/mol. The predicted octanol–water partition coefficient (Wildman–Crippen LogP) is 8.66. The molecule has 0 amide bonds. The molecule has 0 aliphatic rings. The van der Waals surface area contributed by atoms with E-state index in [1.165, 1.54) is 19.1 Å². The Morgan fingerprint density at radius 2 is 0.730 bits per heavy atom. The van der Waals surface area contributed by atoms with Gasteiger partial charge in [0.2, 0.25) is 11.9 Å². The van der Waals surface area contributed by atoms with Gasteiger partial charge in [0.1, 0.15) is 0 Å². The predicted molar refractivity (Wildman–Crippen MR) is 338 cm³/mol. The Morgan fingerprint density at radius 3 is 1.02 bits per heavy atom. The summed E-state index contributed by atoms with van der Waals surface area (Å²) < 4.78 is 14.6. The third-order valence-electron chi connectivity index (χ3n) is 15.0. The molecule has 8 aromatic carbocycles. The average Bonchev–Trinajstić information content (AvgIpc) is 1.63. The van der Waals surface area contributed by atoms with E-state index in [1.807, 2.05) is 121 Å². The third kappa shape index (κ3) is 9.08. The van der Waals surface area contributed by atoms with Gasteiger partial charge in [-0.1, -0.05) is 105 Å². The molecule has 13 aromatic rings. The summed E-state index contributed by atoms with van der Waals surface area (Å²) in [4.78, 5) is 160.